The molecule has 14 heavy (non-hydrogen) atoms. The van der Waals surface area contributed by atoms with E-state index in [9.17, 15) is 9.59 Å². The van der Waals surface area contributed by atoms with E-state index in [-0.39, 0.29) is 11.2 Å². The molecule has 0 aromatic carbocycles. The molecule has 0 spiro atoms. The summed E-state index contributed by atoms with van der Waals surface area (Å²) < 4.78 is 7.61. The number of aromatic nitrogens is 2. The summed E-state index contributed by atoms with van der Waals surface area (Å²) in [5.74, 6) is 0. The van der Waals surface area contributed by atoms with Crippen LogP contribution in [0.3, 0.4) is 0 Å². The van der Waals surface area contributed by atoms with Crippen molar-refractivity contribution in [3.8, 4) is 0 Å². The van der Waals surface area contributed by atoms with Crippen LogP contribution in [0.15, 0.2) is 21.9 Å². The summed E-state index contributed by atoms with van der Waals surface area (Å²) in [6, 6.07) is 1.37. The van der Waals surface area contributed by atoms with Crippen molar-refractivity contribution in [1.29, 1.82) is 0 Å². The minimum Gasteiger partial charge on any atom is -0.380 e. The zero-order chi connectivity index (χ0) is 10.6. The normalized spacial score (nSPS) is 10.4. The van der Waals surface area contributed by atoms with Gasteiger partial charge in [0.15, 0.2) is 0 Å². The summed E-state index contributed by atoms with van der Waals surface area (Å²) in [5, 5.41) is 0. The molecule has 0 unspecified atom stereocenters. The van der Waals surface area contributed by atoms with Crippen LogP contribution in [0.25, 0.3) is 0 Å². The Labute approximate surface area is 81.6 Å². The van der Waals surface area contributed by atoms with Crippen molar-refractivity contribution in [2.45, 2.75) is 13.5 Å². The van der Waals surface area contributed by atoms with Crippen LogP contribution in [-0.2, 0) is 18.3 Å². The van der Waals surface area contributed by atoms with Crippen LogP contribution in [-0.4, -0.2) is 22.3 Å². The maximum absolute atomic E-state index is 11.5. The van der Waals surface area contributed by atoms with Crippen molar-refractivity contribution in [2.75, 3.05) is 13.2 Å². The fourth-order valence-corrected chi connectivity index (χ4v) is 1.12. The fraction of sp³-hybridized carbons (Fsp3) is 0.556. The molecule has 0 aliphatic rings. The first-order valence-electron chi connectivity index (χ1n) is 4.51. The number of hydrogen-bond acceptors (Lipinski definition) is 3. The van der Waals surface area contributed by atoms with E-state index in [1.807, 2.05) is 6.92 Å². The average molecular weight is 198 g/mol. The summed E-state index contributed by atoms with van der Waals surface area (Å²) in [7, 11) is 1.61. The predicted octanol–water partition coefficient (Wildman–Crippen LogP) is -0.417. The number of nitrogens with zero attached hydrogens (tertiary/aromatic N) is 2. The van der Waals surface area contributed by atoms with E-state index in [1.54, 1.807) is 7.05 Å². The molecule has 0 amide bonds. The van der Waals surface area contributed by atoms with Crippen molar-refractivity contribution in [3.05, 3.63) is 33.1 Å². The monoisotopic (exact) mass is 198 g/mol. The molecule has 0 aliphatic heterocycles. The first-order valence-corrected chi connectivity index (χ1v) is 4.51. The van der Waals surface area contributed by atoms with E-state index in [1.165, 1.54) is 16.8 Å². The minimum absolute atomic E-state index is 0.284. The first-order chi connectivity index (χ1) is 6.66. The molecular formula is C9H14N2O3. The Morgan fingerprint density at radius 3 is 2.79 bits per heavy atom. The standard InChI is InChI=1S/C9H14N2O3/c1-3-14-7-6-11-8(12)4-5-10(2)9(11)13/h4-5H,3,6-7H2,1-2H3. The van der Waals surface area contributed by atoms with Crippen molar-refractivity contribution in [2.24, 2.45) is 7.05 Å². The van der Waals surface area contributed by atoms with E-state index >= 15 is 0 Å². The minimum atomic E-state index is -0.308. The lowest BCUT2D eigenvalue weighted by molar-refractivity contribution is 0.137. The Bertz CT molecular complexity index is 405. The molecule has 0 atom stereocenters. The van der Waals surface area contributed by atoms with Crippen LogP contribution in [0, 0.1) is 0 Å². The lowest BCUT2D eigenvalue weighted by atomic mass is 10.5. The number of aryl methyl sites for hydroxylation is 1. The van der Waals surface area contributed by atoms with Gasteiger partial charge in [0.25, 0.3) is 5.56 Å². The Balaban J connectivity index is 2.90. The second kappa shape index (κ2) is 4.76. The van der Waals surface area contributed by atoms with Crippen molar-refractivity contribution in [1.82, 2.24) is 9.13 Å². The topological polar surface area (TPSA) is 53.2 Å². The van der Waals surface area contributed by atoms with Crippen LogP contribution >= 0.6 is 0 Å². The molecule has 0 bridgehead atoms. The molecule has 1 aromatic rings. The molecule has 0 aliphatic carbocycles. The molecule has 5 heteroatoms. The van der Waals surface area contributed by atoms with Gasteiger partial charge in [-0.25, -0.2) is 4.79 Å². The lowest BCUT2D eigenvalue weighted by Crippen LogP contribution is -2.38. The van der Waals surface area contributed by atoms with Crippen molar-refractivity contribution < 1.29 is 4.74 Å². The maximum Gasteiger partial charge on any atom is 0.330 e. The maximum atomic E-state index is 11.5. The highest BCUT2D eigenvalue weighted by atomic mass is 16.5. The highest BCUT2D eigenvalue weighted by molar-refractivity contribution is 4.85. The van der Waals surface area contributed by atoms with Crippen molar-refractivity contribution in [3.63, 3.8) is 0 Å². The highest BCUT2D eigenvalue weighted by Crippen LogP contribution is 1.78. The Morgan fingerprint density at radius 2 is 2.14 bits per heavy atom. The van der Waals surface area contributed by atoms with Crippen LogP contribution in [0.5, 0.6) is 0 Å². The molecule has 0 fully saturated rings. The average Bonchev–Trinajstić information content (AvgIpc) is 2.18. The third-order valence-electron chi connectivity index (χ3n) is 1.90. The first kappa shape index (κ1) is 10.7. The molecule has 0 saturated carbocycles. The molecule has 1 heterocycles. The van der Waals surface area contributed by atoms with Gasteiger partial charge >= 0.3 is 5.69 Å². The van der Waals surface area contributed by atoms with Gasteiger partial charge in [-0.1, -0.05) is 0 Å². The lowest BCUT2D eigenvalue weighted by Gasteiger charge is -2.05. The van der Waals surface area contributed by atoms with E-state index < -0.39 is 0 Å². The van der Waals surface area contributed by atoms with Gasteiger partial charge in [0.05, 0.1) is 13.2 Å². The smallest absolute Gasteiger partial charge is 0.330 e. The van der Waals surface area contributed by atoms with Gasteiger partial charge in [-0.3, -0.25) is 9.36 Å². The van der Waals surface area contributed by atoms with Gasteiger partial charge in [0.2, 0.25) is 0 Å². The van der Waals surface area contributed by atoms with Crippen LogP contribution in [0.2, 0.25) is 0 Å². The quantitative estimate of drug-likeness (QED) is 0.618. The Hall–Kier alpha value is -1.36. The molecule has 1 rings (SSSR count). The molecule has 78 valence electrons. The number of hydrogen-bond donors (Lipinski definition) is 0. The summed E-state index contributed by atoms with van der Waals surface area (Å²) in [4.78, 5) is 22.7. The van der Waals surface area contributed by atoms with Gasteiger partial charge in [-0.15, -0.1) is 0 Å². The Kier molecular flexibility index (Phi) is 3.64. The van der Waals surface area contributed by atoms with Crippen LogP contribution < -0.4 is 11.2 Å². The zero-order valence-electron chi connectivity index (χ0n) is 8.40. The van der Waals surface area contributed by atoms with Gasteiger partial charge in [-0.2, -0.15) is 0 Å². The molecular weight excluding hydrogens is 184 g/mol. The zero-order valence-corrected chi connectivity index (χ0v) is 8.40. The van der Waals surface area contributed by atoms with Gasteiger partial charge in [-0.05, 0) is 6.92 Å². The molecule has 0 N–H and O–H groups in total. The largest absolute Gasteiger partial charge is 0.380 e. The van der Waals surface area contributed by atoms with E-state index in [0.717, 1.165) is 4.57 Å². The second-order valence-electron chi connectivity index (χ2n) is 2.90. The van der Waals surface area contributed by atoms with Crippen LogP contribution in [0.4, 0.5) is 0 Å². The summed E-state index contributed by atoms with van der Waals surface area (Å²) in [5.41, 5.74) is -0.593. The predicted molar refractivity (Wildman–Crippen MR) is 52.4 cm³/mol. The summed E-state index contributed by atoms with van der Waals surface area (Å²) >= 11 is 0. The van der Waals surface area contributed by atoms with Gasteiger partial charge < -0.3 is 9.30 Å². The Morgan fingerprint density at radius 1 is 1.43 bits per heavy atom. The molecule has 5 nitrogen and oxygen atoms in total. The van der Waals surface area contributed by atoms with E-state index in [4.69, 9.17) is 4.74 Å². The number of ether oxygens (including phenoxy) is 1. The van der Waals surface area contributed by atoms with E-state index in [2.05, 4.69) is 0 Å². The van der Waals surface area contributed by atoms with Crippen molar-refractivity contribution >= 4 is 0 Å². The summed E-state index contributed by atoms with van der Waals surface area (Å²) in [6.45, 7) is 3.14. The van der Waals surface area contributed by atoms with Crippen LogP contribution in [0.1, 0.15) is 6.92 Å². The SMILES string of the molecule is CCOCCn1c(=O)ccn(C)c1=O. The molecule has 0 radical (unpaired) electrons. The third kappa shape index (κ3) is 2.32. The van der Waals surface area contributed by atoms with Gasteiger partial charge in [0, 0.05) is 25.9 Å². The highest BCUT2D eigenvalue weighted by Gasteiger charge is 2.01. The number of rotatable bonds is 4. The van der Waals surface area contributed by atoms with E-state index in [0.29, 0.717) is 19.8 Å². The third-order valence-corrected chi connectivity index (χ3v) is 1.90. The summed E-state index contributed by atoms with van der Waals surface area (Å²) in [6.07, 6.45) is 1.46. The fourth-order valence-electron chi connectivity index (χ4n) is 1.12. The molecule has 1 aromatic heterocycles. The molecule has 0 saturated heterocycles. The second-order valence-corrected chi connectivity index (χ2v) is 2.90. The van der Waals surface area contributed by atoms with Gasteiger partial charge in [0.1, 0.15) is 0 Å².